The van der Waals surface area contributed by atoms with Crippen molar-refractivity contribution in [2.45, 2.75) is 43.1 Å². The molecule has 1 heterocycles. The highest BCUT2D eigenvalue weighted by Gasteiger charge is 2.15. The number of halogens is 1. The van der Waals surface area contributed by atoms with Crippen molar-refractivity contribution in [3.63, 3.8) is 0 Å². The van der Waals surface area contributed by atoms with Gasteiger partial charge in [-0.15, -0.1) is 11.3 Å². The standard InChI is InChI=1S/C16H18BrNS2/c17-14-9-5-4-8-13(14)15-10-20-16(18-15)11-19-12-6-2-1-3-7-12/h4-5,8-10,12H,1-3,6-7,11H2. The molecule has 1 aromatic carbocycles. The van der Waals surface area contributed by atoms with E-state index in [0.29, 0.717) is 0 Å². The van der Waals surface area contributed by atoms with Gasteiger partial charge in [-0.3, -0.25) is 0 Å². The molecule has 0 saturated heterocycles. The average molecular weight is 368 g/mol. The van der Waals surface area contributed by atoms with Gasteiger partial charge in [-0.2, -0.15) is 11.8 Å². The lowest BCUT2D eigenvalue weighted by Gasteiger charge is -2.20. The fourth-order valence-corrected chi connectivity index (χ4v) is 5.24. The van der Waals surface area contributed by atoms with Gasteiger partial charge in [-0.1, -0.05) is 53.4 Å². The van der Waals surface area contributed by atoms with Crippen molar-refractivity contribution in [2.24, 2.45) is 0 Å². The van der Waals surface area contributed by atoms with Gasteiger partial charge in [0.15, 0.2) is 0 Å². The van der Waals surface area contributed by atoms with Crippen LogP contribution in [0.4, 0.5) is 0 Å². The van der Waals surface area contributed by atoms with E-state index in [1.807, 2.05) is 6.07 Å². The Labute approximate surface area is 137 Å². The van der Waals surface area contributed by atoms with Crippen molar-refractivity contribution in [2.75, 3.05) is 0 Å². The normalized spacial score (nSPS) is 16.4. The fourth-order valence-electron chi connectivity index (χ4n) is 2.59. The number of benzene rings is 1. The largest absolute Gasteiger partial charge is 0.240 e. The molecule has 0 N–H and O–H groups in total. The molecule has 1 fully saturated rings. The van der Waals surface area contributed by atoms with Gasteiger partial charge in [-0.05, 0) is 18.9 Å². The molecule has 1 aliphatic rings. The maximum atomic E-state index is 4.79. The molecule has 3 rings (SSSR count). The van der Waals surface area contributed by atoms with E-state index >= 15 is 0 Å². The lowest BCUT2D eigenvalue weighted by Crippen LogP contribution is -2.08. The van der Waals surface area contributed by atoms with Crippen LogP contribution >= 0.6 is 39.0 Å². The first-order chi connectivity index (χ1) is 9.83. The summed E-state index contributed by atoms with van der Waals surface area (Å²) in [5.41, 5.74) is 2.29. The Morgan fingerprint density at radius 3 is 2.80 bits per heavy atom. The molecule has 1 aliphatic carbocycles. The molecule has 0 amide bonds. The van der Waals surface area contributed by atoms with Gasteiger partial charge in [0.1, 0.15) is 5.01 Å². The Morgan fingerprint density at radius 2 is 2.00 bits per heavy atom. The lowest BCUT2D eigenvalue weighted by molar-refractivity contribution is 0.516. The van der Waals surface area contributed by atoms with E-state index < -0.39 is 0 Å². The molecule has 0 unspecified atom stereocenters. The molecule has 1 aromatic heterocycles. The Kier molecular flexibility index (Phi) is 5.19. The van der Waals surface area contributed by atoms with Gasteiger partial charge in [0.2, 0.25) is 0 Å². The minimum Gasteiger partial charge on any atom is -0.240 e. The smallest absolute Gasteiger partial charge is 0.103 e. The van der Waals surface area contributed by atoms with E-state index in [0.717, 1.165) is 21.2 Å². The van der Waals surface area contributed by atoms with E-state index in [1.165, 1.54) is 42.7 Å². The van der Waals surface area contributed by atoms with Crippen LogP contribution in [0.25, 0.3) is 11.3 Å². The van der Waals surface area contributed by atoms with Crippen molar-refractivity contribution in [1.29, 1.82) is 0 Å². The minimum atomic E-state index is 0.861. The monoisotopic (exact) mass is 367 g/mol. The van der Waals surface area contributed by atoms with Crippen molar-refractivity contribution < 1.29 is 0 Å². The van der Waals surface area contributed by atoms with Gasteiger partial charge in [0.25, 0.3) is 0 Å². The maximum Gasteiger partial charge on any atom is 0.103 e. The summed E-state index contributed by atoms with van der Waals surface area (Å²) in [6, 6.07) is 8.30. The van der Waals surface area contributed by atoms with Gasteiger partial charge >= 0.3 is 0 Å². The second kappa shape index (κ2) is 7.10. The molecular weight excluding hydrogens is 350 g/mol. The van der Waals surface area contributed by atoms with E-state index in [1.54, 1.807) is 11.3 Å². The molecule has 0 atom stereocenters. The lowest BCUT2D eigenvalue weighted by atomic mass is 10.0. The van der Waals surface area contributed by atoms with Gasteiger partial charge in [0, 0.05) is 26.4 Å². The maximum absolute atomic E-state index is 4.79. The second-order valence-electron chi connectivity index (χ2n) is 5.18. The van der Waals surface area contributed by atoms with Crippen LogP contribution in [0, 0.1) is 0 Å². The predicted octanol–water partition coefficient (Wildman–Crippen LogP) is 6.14. The van der Waals surface area contributed by atoms with E-state index in [4.69, 9.17) is 4.98 Å². The zero-order valence-corrected chi connectivity index (χ0v) is 14.6. The second-order valence-corrected chi connectivity index (χ2v) is 8.26. The first-order valence-corrected chi connectivity index (χ1v) is 9.86. The molecule has 2 aromatic rings. The Morgan fingerprint density at radius 1 is 1.20 bits per heavy atom. The minimum absolute atomic E-state index is 0.861. The molecule has 1 nitrogen and oxygen atoms in total. The number of thiazole rings is 1. The summed E-state index contributed by atoms with van der Waals surface area (Å²) in [6.45, 7) is 0. The summed E-state index contributed by atoms with van der Waals surface area (Å²) in [4.78, 5) is 4.79. The number of aromatic nitrogens is 1. The van der Waals surface area contributed by atoms with E-state index in [2.05, 4.69) is 51.3 Å². The van der Waals surface area contributed by atoms with Crippen LogP contribution in [-0.2, 0) is 5.75 Å². The number of hydrogen-bond donors (Lipinski definition) is 0. The molecule has 0 radical (unpaired) electrons. The first kappa shape index (κ1) is 14.6. The third-order valence-corrected chi connectivity index (χ3v) is 6.80. The van der Waals surface area contributed by atoms with Crippen molar-refractivity contribution in [1.82, 2.24) is 4.98 Å². The summed E-state index contributed by atoms with van der Waals surface area (Å²) >= 11 is 7.49. The highest BCUT2D eigenvalue weighted by molar-refractivity contribution is 9.10. The first-order valence-electron chi connectivity index (χ1n) is 7.14. The number of nitrogens with zero attached hydrogens (tertiary/aromatic N) is 1. The molecule has 0 spiro atoms. The molecule has 0 bridgehead atoms. The molecule has 20 heavy (non-hydrogen) atoms. The highest BCUT2D eigenvalue weighted by Crippen LogP contribution is 2.33. The van der Waals surface area contributed by atoms with E-state index in [9.17, 15) is 0 Å². The van der Waals surface area contributed by atoms with Crippen LogP contribution in [0.2, 0.25) is 0 Å². The third-order valence-electron chi connectivity index (χ3n) is 3.70. The van der Waals surface area contributed by atoms with Crippen molar-refractivity contribution in [3.05, 3.63) is 39.1 Å². The quantitative estimate of drug-likeness (QED) is 0.643. The molecule has 106 valence electrons. The Hall–Kier alpha value is -0.320. The predicted molar refractivity (Wildman–Crippen MR) is 93.4 cm³/mol. The molecular formula is C16H18BrNS2. The van der Waals surface area contributed by atoms with Gasteiger partial charge in [0.05, 0.1) is 5.69 Å². The van der Waals surface area contributed by atoms with E-state index in [-0.39, 0.29) is 0 Å². The van der Waals surface area contributed by atoms with Crippen LogP contribution < -0.4 is 0 Å². The Balaban J connectivity index is 1.63. The third kappa shape index (κ3) is 3.66. The SMILES string of the molecule is Brc1ccccc1-c1csc(CSC2CCCCC2)n1. The van der Waals surface area contributed by atoms with Gasteiger partial charge < -0.3 is 0 Å². The highest BCUT2D eigenvalue weighted by atomic mass is 79.9. The molecule has 0 aliphatic heterocycles. The topological polar surface area (TPSA) is 12.9 Å². The Bertz CT molecular complexity index is 561. The summed E-state index contributed by atoms with van der Waals surface area (Å²) < 4.78 is 1.12. The number of rotatable bonds is 4. The summed E-state index contributed by atoms with van der Waals surface area (Å²) in [5.74, 6) is 1.07. The zero-order chi connectivity index (χ0) is 13.8. The van der Waals surface area contributed by atoms with Crippen molar-refractivity contribution >= 4 is 39.0 Å². The fraction of sp³-hybridized carbons (Fsp3) is 0.438. The number of hydrogen-bond acceptors (Lipinski definition) is 3. The van der Waals surface area contributed by atoms with Gasteiger partial charge in [-0.25, -0.2) is 4.98 Å². The summed E-state index contributed by atoms with van der Waals surface area (Å²) in [5, 5.41) is 4.29. The average Bonchev–Trinajstić information content (AvgIpc) is 2.95. The van der Waals surface area contributed by atoms with Crippen LogP contribution in [0.5, 0.6) is 0 Å². The summed E-state index contributed by atoms with van der Waals surface area (Å²) in [6.07, 6.45) is 7.05. The van der Waals surface area contributed by atoms with Crippen LogP contribution in [-0.4, -0.2) is 10.2 Å². The van der Waals surface area contributed by atoms with Crippen LogP contribution in [0.1, 0.15) is 37.1 Å². The molecule has 1 saturated carbocycles. The van der Waals surface area contributed by atoms with Crippen molar-refractivity contribution in [3.8, 4) is 11.3 Å². The number of thioether (sulfide) groups is 1. The van der Waals surface area contributed by atoms with Crippen LogP contribution in [0.15, 0.2) is 34.1 Å². The zero-order valence-electron chi connectivity index (χ0n) is 11.3. The summed E-state index contributed by atoms with van der Waals surface area (Å²) in [7, 11) is 0. The molecule has 4 heteroatoms. The van der Waals surface area contributed by atoms with Crippen LogP contribution in [0.3, 0.4) is 0 Å².